The van der Waals surface area contributed by atoms with Gasteiger partial charge in [0.25, 0.3) is 0 Å². The summed E-state index contributed by atoms with van der Waals surface area (Å²) in [4.78, 5) is 12.2. The molecule has 0 amide bonds. The average molecular weight is 257 g/mol. The van der Waals surface area contributed by atoms with Crippen LogP contribution in [0.15, 0.2) is 29.1 Å². The molecule has 0 bridgehead atoms. The van der Waals surface area contributed by atoms with Crippen molar-refractivity contribution < 1.29 is 0 Å². The van der Waals surface area contributed by atoms with Crippen molar-refractivity contribution in [2.24, 2.45) is 0 Å². The van der Waals surface area contributed by atoms with Gasteiger partial charge < -0.3 is 0 Å². The van der Waals surface area contributed by atoms with Crippen molar-refractivity contribution in [1.82, 2.24) is 14.3 Å². The molecule has 2 aromatic rings. The fourth-order valence-electron chi connectivity index (χ4n) is 2.58. The lowest BCUT2D eigenvalue weighted by Crippen LogP contribution is -2.27. The number of rotatable bonds is 3. The minimum absolute atomic E-state index is 0.0572. The molecule has 0 atom stereocenters. The lowest BCUT2D eigenvalue weighted by atomic mass is 10.1. The van der Waals surface area contributed by atoms with Crippen molar-refractivity contribution in [3.63, 3.8) is 0 Å². The van der Waals surface area contributed by atoms with Crippen LogP contribution in [0, 0.1) is 6.92 Å². The molecular weight excluding hydrogens is 238 g/mol. The van der Waals surface area contributed by atoms with Crippen LogP contribution in [0.25, 0.3) is 0 Å². The maximum absolute atomic E-state index is 12.2. The van der Waals surface area contributed by atoms with E-state index in [1.54, 1.807) is 4.68 Å². The fourth-order valence-corrected chi connectivity index (χ4v) is 2.58. The van der Waals surface area contributed by atoms with Gasteiger partial charge in [-0.3, -0.25) is 4.57 Å². The first-order chi connectivity index (χ1) is 9.24. The van der Waals surface area contributed by atoms with E-state index < -0.39 is 0 Å². The molecule has 2 heterocycles. The zero-order chi connectivity index (χ0) is 13.2. The topological polar surface area (TPSA) is 39.8 Å². The molecule has 4 nitrogen and oxygen atoms in total. The molecule has 19 heavy (non-hydrogen) atoms. The van der Waals surface area contributed by atoms with Crippen LogP contribution in [0.2, 0.25) is 0 Å². The highest BCUT2D eigenvalue weighted by Crippen LogP contribution is 2.10. The molecule has 0 spiro atoms. The fraction of sp³-hybridized carbons (Fsp3) is 0.467. The molecule has 0 N–H and O–H groups in total. The zero-order valence-electron chi connectivity index (χ0n) is 11.3. The molecule has 3 rings (SSSR count). The molecule has 1 aromatic heterocycles. The van der Waals surface area contributed by atoms with Gasteiger partial charge in [0.2, 0.25) is 0 Å². The Morgan fingerprint density at radius 3 is 2.74 bits per heavy atom. The van der Waals surface area contributed by atoms with E-state index in [1.165, 1.54) is 11.1 Å². The van der Waals surface area contributed by atoms with Gasteiger partial charge >= 0.3 is 5.69 Å². The van der Waals surface area contributed by atoms with E-state index in [0.29, 0.717) is 6.54 Å². The lowest BCUT2D eigenvalue weighted by Gasteiger charge is -2.09. The quantitative estimate of drug-likeness (QED) is 0.843. The van der Waals surface area contributed by atoms with Gasteiger partial charge in [-0.25, -0.2) is 9.48 Å². The van der Waals surface area contributed by atoms with Gasteiger partial charge in [-0.15, -0.1) is 0 Å². The molecule has 1 aromatic carbocycles. The summed E-state index contributed by atoms with van der Waals surface area (Å²) in [6.07, 6.45) is 4.04. The van der Waals surface area contributed by atoms with Gasteiger partial charge in [-0.1, -0.05) is 29.8 Å². The Balaban J connectivity index is 1.75. The van der Waals surface area contributed by atoms with E-state index in [0.717, 1.165) is 38.1 Å². The number of fused-ring (bicyclic) bond motifs is 1. The smallest absolute Gasteiger partial charge is 0.279 e. The number of aryl methyl sites for hydroxylation is 4. The summed E-state index contributed by atoms with van der Waals surface area (Å²) in [5.74, 6) is 0.958. The minimum Gasteiger partial charge on any atom is -0.279 e. The van der Waals surface area contributed by atoms with Crippen LogP contribution in [0.4, 0.5) is 0 Å². The summed E-state index contributed by atoms with van der Waals surface area (Å²) in [5, 5.41) is 4.45. The second kappa shape index (κ2) is 5.03. The number of aromatic nitrogens is 3. The third-order valence-corrected chi connectivity index (χ3v) is 3.76. The van der Waals surface area contributed by atoms with Gasteiger partial charge in [0.15, 0.2) is 0 Å². The van der Waals surface area contributed by atoms with Crippen molar-refractivity contribution in [3.05, 3.63) is 51.7 Å². The highest BCUT2D eigenvalue weighted by molar-refractivity contribution is 5.21. The van der Waals surface area contributed by atoms with E-state index in [9.17, 15) is 4.79 Å². The van der Waals surface area contributed by atoms with Gasteiger partial charge in [0.05, 0.1) is 6.54 Å². The van der Waals surface area contributed by atoms with Gasteiger partial charge in [-0.05, 0) is 31.7 Å². The van der Waals surface area contributed by atoms with Crippen molar-refractivity contribution in [1.29, 1.82) is 0 Å². The molecule has 1 aliphatic heterocycles. The third-order valence-electron chi connectivity index (χ3n) is 3.76. The number of hydrogen-bond donors (Lipinski definition) is 0. The first-order valence-corrected chi connectivity index (χ1v) is 6.96. The Labute approximate surface area is 112 Å². The second-order valence-corrected chi connectivity index (χ2v) is 5.27. The highest BCUT2D eigenvalue weighted by atomic mass is 16.2. The van der Waals surface area contributed by atoms with E-state index in [2.05, 4.69) is 36.3 Å². The summed E-state index contributed by atoms with van der Waals surface area (Å²) in [6.45, 7) is 3.58. The second-order valence-electron chi connectivity index (χ2n) is 5.27. The van der Waals surface area contributed by atoms with Gasteiger partial charge in [0.1, 0.15) is 5.82 Å². The molecule has 0 saturated heterocycles. The first-order valence-electron chi connectivity index (χ1n) is 6.96. The van der Waals surface area contributed by atoms with Crippen LogP contribution >= 0.6 is 0 Å². The van der Waals surface area contributed by atoms with Crippen LogP contribution in [-0.4, -0.2) is 14.3 Å². The maximum Gasteiger partial charge on any atom is 0.345 e. The summed E-state index contributed by atoms with van der Waals surface area (Å²) < 4.78 is 3.46. The standard InChI is InChI=1S/C15H19N3O/c1-12-5-7-13(8-6-12)9-11-18-15(19)17-10-3-2-4-14(17)16-18/h5-8H,2-4,9-11H2,1H3. The van der Waals surface area contributed by atoms with Gasteiger partial charge in [0, 0.05) is 13.0 Å². The van der Waals surface area contributed by atoms with Crippen LogP contribution in [0.1, 0.15) is 29.8 Å². The van der Waals surface area contributed by atoms with Crippen molar-refractivity contribution in [2.45, 2.75) is 45.7 Å². The summed E-state index contributed by atoms with van der Waals surface area (Å²) in [7, 11) is 0. The third kappa shape index (κ3) is 2.48. The lowest BCUT2D eigenvalue weighted by molar-refractivity contribution is 0.510. The van der Waals surface area contributed by atoms with Crippen LogP contribution in [0.5, 0.6) is 0 Å². The Hall–Kier alpha value is -1.84. The summed E-state index contributed by atoms with van der Waals surface area (Å²) in [6, 6.07) is 8.46. The summed E-state index contributed by atoms with van der Waals surface area (Å²) >= 11 is 0. The van der Waals surface area contributed by atoms with E-state index in [1.807, 2.05) is 4.57 Å². The molecule has 100 valence electrons. The molecule has 0 aliphatic carbocycles. The van der Waals surface area contributed by atoms with E-state index in [4.69, 9.17) is 0 Å². The van der Waals surface area contributed by atoms with E-state index in [-0.39, 0.29) is 5.69 Å². The Bertz CT molecular complexity index is 622. The SMILES string of the molecule is Cc1ccc(CCn2nc3n(c2=O)CCCC3)cc1. The number of hydrogen-bond acceptors (Lipinski definition) is 2. The first kappa shape index (κ1) is 12.2. The van der Waals surface area contributed by atoms with Crippen molar-refractivity contribution in [2.75, 3.05) is 0 Å². The molecule has 0 fully saturated rings. The number of nitrogens with zero attached hydrogens (tertiary/aromatic N) is 3. The van der Waals surface area contributed by atoms with Crippen LogP contribution in [0.3, 0.4) is 0 Å². The molecule has 0 radical (unpaired) electrons. The van der Waals surface area contributed by atoms with Gasteiger partial charge in [-0.2, -0.15) is 5.10 Å². The monoisotopic (exact) mass is 257 g/mol. The average Bonchev–Trinajstić information content (AvgIpc) is 2.76. The molecule has 1 aliphatic rings. The molecule has 0 unspecified atom stereocenters. The van der Waals surface area contributed by atoms with Crippen LogP contribution in [-0.2, 0) is 25.9 Å². The largest absolute Gasteiger partial charge is 0.345 e. The maximum atomic E-state index is 12.2. The number of benzene rings is 1. The molecular formula is C15H19N3O. The minimum atomic E-state index is 0.0572. The van der Waals surface area contributed by atoms with Crippen molar-refractivity contribution in [3.8, 4) is 0 Å². The molecule has 0 saturated carbocycles. The van der Waals surface area contributed by atoms with Crippen LogP contribution < -0.4 is 5.69 Å². The van der Waals surface area contributed by atoms with Crippen molar-refractivity contribution >= 4 is 0 Å². The normalized spacial score (nSPS) is 14.4. The zero-order valence-corrected chi connectivity index (χ0v) is 11.3. The summed E-state index contributed by atoms with van der Waals surface area (Å²) in [5.41, 5.74) is 2.57. The van der Waals surface area contributed by atoms with E-state index >= 15 is 0 Å². The highest BCUT2D eigenvalue weighted by Gasteiger charge is 2.16. The predicted molar refractivity (Wildman–Crippen MR) is 74.3 cm³/mol. The predicted octanol–water partition coefficient (Wildman–Crippen LogP) is 1.93. The Kier molecular flexibility index (Phi) is 3.23. The Morgan fingerprint density at radius 2 is 2.00 bits per heavy atom. The molecule has 4 heteroatoms. The Morgan fingerprint density at radius 1 is 1.21 bits per heavy atom.